The summed E-state index contributed by atoms with van der Waals surface area (Å²) in [5.74, 6) is 0. The second-order valence-corrected chi connectivity index (χ2v) is 15.4. The number of hydrogen-bond acceptors (Lipinski definition) is 2. The van der Waals surface area contributed by atoms with Crippen LogP contribution in [0.5, 0.6) is 0 Å². The summed E-state index contributed by atoms with van der Waals surface area (Å²) in [6.45, 7) is 11.0. The third kappa shape index (κ3) is 4.33. The molecule has 1 fully saturated rings. The van der Waals surface area contributed by atoms with Crippen LogP contribution >= 0.6 is 19.4 Å². The van der Waals surface area contributed by atoms with Gasteiger partial charge in [-0.3, -0.25) is 0 Å². The van der Waals surface area contributed by atoms with Gasteiger partial charge in [0.15, 0.2) is 0 Å². The van der Waals surface area contributed by atoms with Gasteiger partial charge in [0, 0.05) is 0 Å². The van der Waals surface area contributed by atoms with Crippen LogP contribution in [0.15, 0.2) is 30.3 Å². The summed E-state index contributed by atoms with van der Waals surface area (Å²) >= 11 is -3.08. The van der Waals surface area contributed by atoms with Gasteiger partial charge in [0.05, 0.1) is 0 Å². The summed E-state index contributed by atoms with van der Waals surface area (Å²) in [6.07, 6.45) is 1.16. The Bertz CT molecular complexity index is 591. The summed E-state index contributed by atoms with van der Waals surface area (Å²) in [5.41, 5.74) is 1.12. The number of halogens is 2. The van der Waals surface area contributed by atoms with E-state index in [0.29, 0.717) is 12.1 Å². The molecule has 0 N–H and O–H groups in total. The van der Waals surface area contributed by atoms with Crippen molar-refractivity contribution in [2.24, 2.45) is 0 Å². The van der Waals surface area contributed by atoms with Crippen LogP contribution in [0.2, 0.25) is 0 Å². The molecule has 5 heteroatoms. The number of rotatable bonds is 3. The monoisotopic (exact) mass is 430 g/mol. The molecule has 22 heavy (non-hydrogen) atoms. The fraction of sp³-hybridized carbons (Fsp3) is 0.529. The zero-order valence-corrected chi connectivity index (χ0v) is 17.0. The topological polar surface area (TPSA) is 6.48 Å². The van der Waals surface area contributed by atoms with Crippen LogP contribution in [-0.2, 0) is 11.9 Å². The summed E-state index contributed by atoms with van der Waals surface area (Å²) in [6, 6.07) is 11.0. The van der Waals surface area contributed by atoms with Crippen LogP contribution < -0.4 is 0 Å². The Labute approximate surface area is 145 Å². The van der Waals surface area contributed by atoms with E-state index in [2.05, 4.69) is 54.2 Å². The van der Waals surface area contributed by atoms with Crippen molar-refractivity contribution in [2.45, 2.75) is 46.2 Å². The third-order valence-electron chi connectivity index (χ3n) is 3.76. The average molecular weight is 430 g/mol. The molecule has 0 radical (unpaired) electrons. The van der Waals surface area contributed by atoms with Crippen molar-refractivity contribution in [3.05, 3.63) is 35.9 Å². The van der Waals surface area contributed by atoms with E-state index >= 15 is 0 Å². The molecule has 0 amide bonds. The van der Waals surface area contributed by atoms with E-state index in [1.54, 1.807) is 0 Å². The second kappa shape index (κ2) is 7.77. The number of hydrogen-bond donors (Lipinski definition) is 0. The van der Waals surface area contributed by atoms with Crippen LogP contribution in [-0.4, -0.2) is 43.9 Å². The summed E-state index contributed by atoms with van der Waals surface area (Å²) in [4.78, 5) is 4.82. The minimum atomic E-state index is -3.08. The SMILES string of the molecule is CC(C)N1CCCN(C(C)C)[C]1=[Ru]([Cl])([Cl])=[CH]c1ccccc1. The molecule has 126 valence electrons. The van der Waals surface area contributed by atoms with E-state index in [4.69, 9.17) is 19.4 Å². The molecule has 1 aromatic carbocycles. The first kappa shape index (κ1) is 18.4. The van der Waals surface area contributed by atoms with E-state index in [-0.39, 0.29) is 0 Å². The maximum atomic E-state index is 6.99. The van der Waals surface area contributed by atoms with Crippen molar-refractivity contribution >= 4 is 28.3 Å². The Kier molecular flexibility index (Phi) is 6.51. The van der Waals surface area contributed by atoms with Crippen LogP contribution in [0.4, 0.5) is 0 Å². The summed E-state index contributed by atoms with van der Waals surface area (Å²) in [7, 11) is 14.0. The van der Waals surface area contributed by atoms with E-state index < -0.39 is 11.9 Å². The van der Waals surface area contributed by atoms with E-state index in [1.165, 1.54) is 4.35 Å². The van der Waals surface area contributed by atoms with Crippen molar-refractivity contribution in [3.8, 4) is 0 Å². The first-order chi connectivity index (χ1) is 10.3. The van der Waals surface area contributed by atoms with Gasteiger partial charge >= 0.3 is 145 Å². The molecule has 0 atom stereocenters. The van der Waals surface area contributed by atoms with Crippen LogP contribution in [0, 0.1) is 0 Å². The van der Waals surface area contributed by atoms with E-state index in [1.807, 2.05) is 18.2 Å². The van der Waals surface area contributed by atoms with Crippen LogP contribution in [0.1, 0.15) is 39.7 Å². The van der Waals surface area contributed by atoms with Crippen LogP contribution in [0.25, 0.3) is 0 Å². The summed E-state index contributed by atoms with van der Waals surface area (Å²) < 4.78 is 3.30. The van der Waals surface area contributed by atoms with Gasteiger partial charge in [-0.25, -0.2) is 0 Å². The Morgan fingerprint density at radius 2 is 1.45 bits per heavy atom. The fourth-order valence-corrected chi connectivity index (χ4v) is 9.45. The predicted octanol–water partition coefficient (Wildman–Crippen LogP) is 4.21. The molecule has 1 aromatic rings. The molecule has 1 aliphatic heterocycles. The molecule has 2 rings (SSSR count). The molecule has 0 bridgehead atoms. The zero-order chi connectivity index (χ0) is 16.3. The van der Waals surface area contributed by atoms with Gasteiger partial charge < -0.3 is 0 Å². The Morgan fingerprint density at radius 1 is 0.955 bits per heavy atom. The van der Waals surface area contributed by atoms with Gasteiger partial charge in [0.2, 0.25) is 0 Å². The van der Waals surface area contributed by atoms with E-state index in [9.17, 15) is 0 Å². The third-order valence-corrected chi connectivity index (χ3v) is 9.33. The Hall–Kier alpha value is 0.0834. The fourth-order valence-electron chi connectivity index (χ4n) is 2.67. The Morgan fingerprint density at radius 3 is 1.91 bits per heavy atom. The molecule has 2 nitrogen and oxygen atoms in total. The summed E-state index contributed by atoms with van der Waals surface area (Å²) in [5, 5.41) is 0. The van der Waals surface area contributed by atoms with Crippen molar-refractivity contribution in [3.63, 3.8) is 0 Å². The van der Waals surface area contributed by atoms with Gasteiger partial charge in [-0.1, -0.05) is 0 Å². The molecule has 0 saturated carbocycles. The zero-order valence-electron chi connectivity index (χ0n) is 13.7. The molecule has 1 heterocycles. The van der Waals surface area contributed by atoms with Gasteiger partial charge in [-0.2, -0.15) is 0 Å². The van der Waals surface area contributed by atoms with Crippen molar-refractivity contribution < 1.29 is 11.9 Å². The normalized spacial score (nSPS) is 19.0. The second-order valence-electron chi connectivity index (χ2n) is 6.14. The van der Waals surface area contributed by atoms with E-state index in [0.717, 1.165) is 25.1 Å². The standard InChI is InChI=1S/C10H20N2.C7H6.2ClH.Ru/c1-9(2)11-6-5-7-12(8-11)10(3)4;1-7-5-3-2-4-6-7;;;/h9-10H,5-7H2,1-4H3;1-6H;2*1H;/q;;;;+2/p-2. The van der Waals surface area contributed by atoms with Crippen molar-refractivity contribution in [1.82, 2.24) is 9.80 Å². The van der Waals surface area contributed by atoms with Gasteiger partial charge in [0.25, 0.3) is 0 Å². The molecule has 0 unspecified atom stereocenters. The maximum absolute atomic E-state index is 6.99. The molecular formula is C17H26Cl2N2Ru. The number of nitrogens with zero attached hydrogens (tertiary/aromatic N) is 2. The minimum absolute atomic E-state index is 0.415. The first-order valence-electron chi connectivity index (χ1n) is 7.75. The van der Waals surface area contributed by atoms with Gasteiger partial charge in [-0.05, 0) is 0 Å². The van der Waals surface area contributed by atoms with Crippen LogP contribution in [0.3, 0.4) is 0 Å². The molecule has 0 spiro atoms. The van der Waals surface area contributed by atoms with Gasteiger partial charge in [-0.15, -0.1) is 0 Å². The van der Waals surface area contributed by atoms with Crippen molar-refractivity contribution in [1.29, 1.82) is 0 Å². The first-order valence-corrected chi connectivity index (χ1v) is 14.1. The van der Waals surface area contributed by atoms with Crippen molar-refractivity contribution in [2.75, 3.05) is 13.1 Å². The quantitative estimate of drug-likeness (QED) is 0.663. The molecule has 0 aliphatic carbocycles. The molecular weight excluding hydrogens is 404 g/mol. The molecule has 1 saturated heterocycles. The Balaban J connectivity index is 2.64. The molecule has 1 aliphatic rings. The predicted molar refractivity (Wildman–Crippen MR) is 96.6 cm³/mol. The molecule has 0 aromatic heterocycles. The average Bonchev–Trinajstić information content (AvgIpc) is 2.46. The number of benzene rings is 1. The van der Waals surface area contributed by atoms with Gasteiger partial charge in [0.1, 0.15) is 0 Å².